The topological polar surface area (TPSA) is 73.2 Å². The van der Waals surface area contributed by atoms with Gasteiger partial charge in [-0.05, 0) is 30.7 Å². The van der Waals surface area contributed by atoms with Crippen molar-refractivity contribution in [1.82, 2.24) is 0 Å². The smallest absolute Gasteiger partial charge is 0.230 e. The molecule has 0 aromatic heterocycles. The maximum atomic E-state index is 12.5. The molecule has 2 unspecified atom stereocenters. The van der Waals surface area contributed by atoms with Gasteiger partial charge >= 0.3 is 0 Å². The Labute approximate surface area is 140 Å². The van der Waals surface area contributed by atoms with Crippen molar-refractivity contribution in [2.24, 2.45) is 11.8 Å². The summed E-state index contributed by atoms with van der Waals surface area (Å²) >= 11 is 0. The van der Waals surface area contributed by atoms with Gasteiger partial charge in [0, 0.05) is 12.7 Å². The largest absolute Gasteiger partial charge is 0.325 e. The highest BCUT2D eigenvalue weighted by Crippen LogP contribution is 2.41. The molecule has 0 bridgehead atoms. The van der Waals surface area contributed by atoms with Gasteiger partial charge in [0.15, 0.2) is 0 Å². The Kier molecular flexibility index (Phi) is 4.30. The molecule has 24 heavy (non-hydrogen) atoms. The molecule has 120 valence electrons. The first-order valence-corrected chi connectivity index (χ1v) is 7.74. The van der Waals surface area contributed by atoms with E-state index in [1.54, 1.807) is 36.2 Å². The molecule has 0 radical (unpaired) electrons. The molecule has 1 aliphatic carbocycles. The first-order chi connectivity index (χ1) is 11.6. The van der Waals surface area contributed by atoms with Crippen molar-refractivity contribution in [3.05, 3.63) is 60.2 Å². The molecule has 5 nitrogen and oxygen atoms in total. The summed E-state index contributed by atoms with van der Waals surface area (Å²) in [7, 11) is 1.72. The van der Waals surface area contributed by atoms with Crippen LogP contribution in [0.4, 0.5) is 11.4 Å². The fourth-order valence-electron chi connectivity index (χ4n) is 2.70. The van der Waals surface area contributed by atoms with Gasteiger partial charge in [-0.1, -0.05) is 30.3 Å². The van der Waals surface area contributed by atoms with E-state index in [0.29, 0.717) is 17.7 Å². The normalized spacial score (nSPS) is 18.3. The Morgan fingerprint density at radius 2 is 1.75 bits per heavy atom. The summed E-state index contributed by atoms with van der Waals surface area (Å²) in [4.78, 5) is 26.4. The molecule has 3 rings (SSSR count). The minimum Gasteiger partial charge on any atom is -0.325 e. The maximum absolute atomic E-state index is 12.5. The average molecular weight is 319 g/mol. The first kappa shape index (κ1) is 15.8. The van der Waals surface area contributed by atoms with Gasteiger partial charge in [-0.25, -0.2) is 0 Å². The number of hydrogen-bond donors (Lipinski definition) is 1. The fraction of sp³-hybridized carbons (Fsp3) is 0.211. The second-order valence-electron chi connectivity index (χ2n) is 5.83. The molecular weight excluding hydrogens is 302 g/mol. The molecule has 0 aliphatic heterocycles. The van der Waals surface area contributed by atoms with E-state index in [1.165, 1.54) is 0 Å². The number of nitrogens with one attached hydrogen (secondary N) is 1. The van der Waals surface area contributed by atoms with E-state index < -0.39 is 0 Å². The van der Waals surface area contributed by atoms with Crippen LogP contribution in [0, 0.1) is 23.2 Å². The number of nitriles is 1. The summed E-state index contributed by atoms with van der Waals surface area (Å²) in [6, 6.07) is 18.2. The number of carbonyl (C=O) groups excluding carboxylic acids is 2. The molecule has 2 aromatic carbocycles. The predicted molar refractivity (Wildman–Crippen MR) is 91.2 cm³/mol. The van der Waals surface area contributed by atoms with Crippen molar-refractivity contribution < 1.29 is 9.59 Å². The molecule has 1 aliphatic rings. The maximum Gasteiger partial charge on any atom is 0.230 e. The standard InChI is InChI=1S/C19H17N3O2/c1-22(14-8-3-2-4-9-14)19(24)16-11-15(16)18(23)21-17-10-6-5-7-13(17)12-20/h2-10,15-16H,11H2,1H3,(H,21,23). The van der Waals surface area contributed by atoms with E-state index >= 15 is 0 Å². The molecule has 1 saturated carbocycles. The SMILES string of the molecule is CN(C(=O)C1CC1C(=O)Nc1ccccc1C#N)c1ccccc1. The number of anilines is 2. The summed E-state index contributed by atoms with van der Waals surface area (Å²) < 4.78 is 0. The molecular formula is C19H17N3O2. The van der Waals surface area contributed by atoms with Gasteiger partial charge in [-0.2, -0.15) is 5.26 Å². The van der Waals surface area contributed by atoms with Crippen LogP contribution in [0.5, 0.6) is 0 Å². The fourth-order valence-corrected chi connectivity index (χ4v) is 2.70. The lowest BCUT2D eigenvalue weighted by molar-refractivity contribution is -0.123. The van der Waals surface area contributed by atoms with Gasteiger partial charge in [0.1, 0.15) is 6.07 Å². The molecule has 1 fully saturated rings. The van der Waals surface area contributed by atoms with Gasteiger partial charge in [-0.3, -0.25) is 9.59 Å². The highest BCUT2D eigenvalue weighted by molar-refractivity contribution is 6.04. The quantitative estimate of drug-likeness (QED) is 0.941. The third kappa shape index (κ3) is 3.13. The van der Waals surface area contributed by atoms with Crippen LogP contribution in [-0.2, 0) is 9.59 Å². The molecule has 0 heterocycles. The molecule has 0 saturated heterocycles. The summed E-state index contributed by atoms with van der Waals surface area (Å²) in [6.45, 7) is 0. The van der Waals surface area contributed by atoms with Crippen molar-refractivity contribution in [2.75, 3.05) is 17.3 Å². The van der Waals surface area contributed by atoms with Gasteiger partial charge in [0.05, 0.1) is 23.1 Å². The number of nitrogens with zero attached hydrogens (tertiary/aromatic N) is 2. The number of para-hydroxylation sites is 2. The number of rotatable bonds is 4. The Morgan fingerprint density at radius 1 is 1.08 bits per heavy atom. The van der Waals surface area contributed by atoms with Crippen LogP contribution < -0.4 is 10.2 Å². The number of benzene rings is 2. The van der Waals surface area contributed by atoms with Gasteiger partial charge < -0.3 is 10.2 Å². The molecule has 2 aromatic rings. The van der Waals surface area contributed by atoms with E-state index in [4.69, 9.17) is 5.26 Å². The summed E-state index contributed by atoms with van der Waals surface area (Å²) in [6.07, 6.45) is 0.538. The third-order valence-corrected chi connectivity index (χ3v) is 4.22. The number of carbonyl (C=O) groups is 2. The zero-order valence-corrected chi connectivity index (χ0v) is 13.3. The number of hydrogen-bond acceptors (Lipinski definition) is 3. The van der Waals surface area contributed by atoms with Crippen molar-refractivity contribution in [2.45, 2.75) is 6.42 Å². The molecule has 2 amide bonds. The van der Waals surface area contributed by atoms with E-state index in [-0.39, 0.29) is 23.7 Å². The van der Waals surface area contributed by atoms with Crippen molar-refractivity contribution in [3.63, 3.8) is 0 Å². The van der Waals surface area contributed by atoms with Crippen LogP contribution in [0.3, 0.4) is 0 Å². The summed E-state index contributed by atoms with van der Waals surface area (Å²) in [5.74, 6) is -0.910. The predicted octanol–water partition coefficient (Wildman–Crippen LogP) is 2.80. The Morgan fingerprint density at radius 3 is 2.46 bits per heavy atom. The lowest BCUT2D eigenvalue weighted by Gasteiger charge is -2.17. The van der Waals surface area contributed by atoms with Gasteiger partial charge in [-0.15, -0.1) is 0 Å². The van der Waals surface area contributed by atoms with Crippen LogP contribution in [0.25, 0.3) is 0 Å². The second kappa shape index (κ2) is 6.55. The van der Waals surface area contributed by atoms with Crippen molar-refractivity contribution in [3.8, 4) is 6.07 Å². The third-order valence-electron chi connectivity index (χ3n) is 4.22. The van der Waals surface area contributed by atoms with Crippen molar-refractivity contribution in [1.29, 1.82) is 5.26 Å². The van der Waals surface area contributed by atoms with E-state index in [2.05, 4.69) is 5.32 Å². The Hall–Kier alpha value is -3.13. The second-order valence-corrected chi connectivity index (χ2v) is 5.83. The summed E-state index contributed by atoms with van der Waals surface area (Å²) in [5.41, 5.74) is 1.71. The van der Waals surface area contributed by atoms with Gasteiger partial charge in [0.2, 0.25) is 11.8 Å². The Bertz CT molecular complexity index is 811. The molecule has 1 N–H and O–H groups in total. The van der Waals surface area contributed by atoms with E-state index in [0.717, 1.165) is 5.69 Å². The minimum atomic E-state index is -0.338. The molecule has 0 spiro atoms. The molecule has 2 atom stereocenters. The summed E-state index contributed by atoms with van der Waals surface area (Å²) in [5, 5.41) is 11.8. The van der Waals surface area contributed by atoms with E-state index in [9.17, 15) is 9.59 Å². The molecule has 5 heteroatoms. The lowest BCUT2D eigenvalue weighted by Crippen LogP contribution is -2.29. The van der Waals surface area contributed by atoms with Crippen LogP contribution >= 0.6 is 0 Å². The Balaban J connectivity index is 1.63. The number of amides is 2. The minimum absolute atomic E-state index is 0.0603. The highest BCUT2D eigenvalue weighted by Gasteiger charge is 2.49. The van der Waals surface area contributed by atoms with Crippen molar-refractivity contribution >= 4 is 23.2 Å². The van der Waals surface area contributed by atoms with E-state index in [1.807, 2.05) is 36.4 Å². The van der Waals surface area contributed by atoms with Gasteiger partial charge in [0.25, 0.3) is 0 Å². The lowest BCUT2D eigenvalue weighted by atomic mass is 10.2. The average Bonchev–Trinajstić information content (AvgIpc) is 3.42. The van der Waals surface area contributed by atoms with Crippen LogP contribution in [-0.4, -0.2) is 18.9 Å². The zero-order chi connectivity index (χ0) is 17.1. The first-order valence-electron chi connectivity index (χ1n) is 7.74. The zero-order valence-electron chi connectivity index (χ0n) is 13.3. The van der Waals surface area contributed by atoms with Crippen LogP contribution in [0.15, 0.2) is 54.6 Å². The van der Waals surface area contributed by atoms with Crippen LogP contribution in [0.1, 0.15) is 12.0 Å². The highest BCUT2D eigenvalue weighted by atomic mass is 16.2. The van der Waals surface area contributed by atoms with Crippen LogP contribution in [0.2, 0.25) is 0 Å². The monoisotopic (exact) mass is 319 g/mol.